The molecular weight excluding hydrogens is 269 g/mol. The van der Waals surface area contributed by atoms with E-state index in [1.807, 2.05) is 0 Å². The van der Waals surface area contributed by atoms with Crippen LogP contribution in [0.25, 0.3) is 0 Å². The molecule has 3 nitrogen and oxygen atoms in total. The maximum atomic E-state index is 12.8. The zero-order valence-electron chi connectivity index (χ0n) is 12.9. The van der Waals surface area contributed by atoms with Gasteiger partial charge in [-0.3, -0.25) is 0 Å². The van der Waals surface area contributed by atoms with Crippen molar-refractivity contribution in [3.8, 4) is 5.75 Å². The minimum atomic E-state index is -0.553. The molecule has 0 bridgehead atoms. The minimum Gasteiger partial charge on any atom is -0.491 e. The molecule has 0 aliphatic heterocycles. The third-order valence-corrected chi connectivity index (χ3v) is 4.62. The first-order valence-electron chi connectivity index (χ1n) is 7.90. The predicted molar refractivity (Wildman–Crippen MR) is 81.9 cm³/mol. The third-order valence-electron chi connectivity index (χ3n) is 4.62. The van der Waals surface area contributed by atoms with Crippen LogP contribution in [0.15, 0.2) is 24.3 Å². The molecule has 1 saturated carbocycles. The number of rotatable bonds is 7. The van der Waals surface area contributed by atoms with Gasteiger partial charge in [0.2, 0.25) is 0 Å². The number of benzene rings is 1. The first-order chi connectivity index (χ1) is 10.1. The molecular formula is C17H26FNO2. The van der Waals surface area contributed by atoms with E-state index in [0.29, 0.717) is 24.3 Å². The lowest BCUT2D eigenvalue weighted by atomic mass is 9.93. The summed E-state index contributed by atoms with van der Waals surface area (Å²) in [5.41, 5.74) is 0. The summed E-state index contributed by atoms with van der Waals surface area (Å²) in [6.07, 6.45) is 3.14. The average molecular weight is 295 g/mol. The zero-order valence-corrected chi connectivity index (χ0v) is 12.9. The van der Waals surface area contributed by atoms with Crippen LogP contribution in [0.3, 0.4) is 0 Å². The van der Waals surface area contributed by atoms with Gasteiger partial charge in [-0.05, 0) is 48.9 Å². The van der Waals surface area contributed by atoms with Gasteiger partial charge in [-0.1, -0.05) is 20.3 Å². The van der Waals surface area contributed by atoms with E-state index in [2.05, 4.69) is 19.2 Å². The van der Waals surface area contributed by atoms with Gasteiger partial charge in [0, 0.05) is 12.6 Å². The number of hydrogen-bond acceptors (Lipinski definition) is 3. The second kappa shape index (κ2) is 7.76. The minimum absolute atomic E-state index is 0.219. The topological polar surface area (TPSA) is 41.5 Å². The van der Waals surface area contributed by atoms with Crippen LogP contribution in [0.5, 0.6) is 5.75 Å². The largest absolute Gasteiger partial charge is 0.491 e. The Balaban J connectivity index is 1.68. The Morgan fingerprint density at radius 3 is 2.67 bits per heavy atom. The highest BCUT2D eigenvalue weighted by molar-refractivity contribution is 5.22. The Kier molecular flexibility index (Phi) is 6.00. The van der Waals surface area contributed by atoms with Crippen molar-refractivity contribution >= 4 is 0 Å². The van der Waals surface area contributed by atoms with Crippen molar-refractivity contribution in [2.75, 3.05) is 13.2 Å². The fourth-order valence-corrected chi connectivity index (χ4v) is 3.18. The molecule has 0 amide bonds. The molecule has 2 N–H and O–H groups in total. The molecule has 1 fully saturated rings. The Hall–Kier alpha value is -1.13. The number of aliphatic hydroxyl groups excluding tert-OH is 1. The van der Waals surface area contributed by atoms with Gasteiger partial charge in [0.05, 0.1) is 0 Å². The number of nitrogens with one attached hydrogen (secondary N) is 1. The standard InChI is InChI=1S/C17H26FNO2/c1-3-13-4-9-17(12(13)2)19-10-15(20)11-21-16-7-5-14(18)6-8-16/h5-8,12-13,15,17,19-20H,3-4,9-11H2,1-2H3. The molecule has 118 valence electrons. The summed E-state index contributed by atoms with van der Waals surface area (Å²) in [5.74, 6) is 1.76. The summed E-state index contributed by atoms with van der Waals surface area (Å²) >= 11 is 0. The number of ether oxygens (including phenoxy) is 1. The van der Waals surface area contributed by atoms with Crippen LogP contribution in [0.2, 0.25) is 0 Å². The van der Waals surface area contributed by atoms with Crippen molar-refractivity contribution in [1.82, 2.24) is 5.32 Å². The van der Waals surface area contributed by atoms with Crippen LogP contribution in [0, 0.1) is 17.7 Å². The van der Waals surface area contributed by atoms with Crippen LogP contribution in [0.1, 0.15) is 33.1 Å². The first-order valence-corrected chi connectivity index (χ1v) is 7.90. The van der Waals surface area contributed by atoms with Crippen LogP contribution in [-0.2, 0) is 0 Å². The van der Waals surface area contributed by atoms with Crippen molar-refractivity contribution in [2.24, 2.45) is 11.8 Å². The molecule has 4 unspecified atom stereocenters. The molecule has 0 saturated heterocycles. The normalized spacial score (nSPS) is 26.8. The molecule has 4 atom stereocenters. The van der Waals surface area contributed by atoms with Gasteiger partial charge in [-0.2, -0.15) is 0 Å². The fourth-order valence-electron chi connectivity index (χ4n) is 3.18. The maximum Gasteiger partial charge on any atom is 0.123 e. The van der Waals surface area contributed by atoms with Crippen molar-refractivity contribution in [3.05, 3.63) is 30.1 Å². The van der Waals surface area contributed by atoms with Crippen LogP contribution < -0.4 is 10.1 Å². The van der Waals surface area contributed by atoms with E-state index >= 15 is 0 Å². The molecule has 0 aromatic heterocycles. The SMILES string of the molecule is CCC1CCC(NCC(O)COc2ccc(F)cc2)C1C. The molecule has 0 heterocycles. The van der Waals surface area contributed by atoms with Gasteiger partial charge < -0.3 is 15.2 Å². The van der Waals surface area contributed by atoms with E-state index in [9.17, 15) is 9.50 Å². The van der Waals surface area contributed by atoms with Gasteiger partial charge in [0.1, 0.15) is 24.3 Å². The van der Waals surface area contributed by atoms with Crippen LogP contribution >= 0.6 is 0 Å². The summed E-state index contributed by atoms with van der Waals surface area (Å²) in [4.78, 5) is 0. The lowest BCUT2D eigenvalue weighted by Gasteiger charge is -2.22. The Morgan fingerprint density at radius 2 is 2.05 bits per heavy atom. The summed E-state index contributed by atoms with van der Waals surface area (Å²) < 4.78 is 18.2. The fraction of sp³-hybridized carbons (Fsp3) is 0.647. The molecule has 1 aliphatic rings. The highest BCUT2D eigenvalue weighted by Crippen LogP contribution is 2.33. The molecule has 1 aromatic rings. The smallest absolute Gasteiger partial charge is 0.123 e. The number of aliphatic hydroxyl groups is 1. The van der Waals surface area contributed by atoms with Crippen molar-refractivity contribution in [1.29, 1.82) is 0 Å². The molecule has 21 heavy (non-hydrogen) atoms. The van der Waals surface area contributed by atoms with Gasteiger partial charge in [-0.25, -0.2) is 4.39 Å². The van der Waals surface area contributed by atoms with Crippen molar-refractivity contribution in [2.45, 2.75) is 45.3 Å². The Morgan fingerprint density at radius 1 is 1.33 bits per heavy atom. The zero-order chi connectivity index (χ0) is 15.2. The monoisotopic (exact) mass is 295 g/mol. The maximum absolute atomic E-state index is 12.8. The lowest BCUT2D eigenvalue weighted by molar-refractivity contribution is 0.101. The molecule has 1 aromatic carbocycles. The average Bonchev–Trinajstić information content (AvgIpc) is 2.85. The van der Waals surface area contributed by atoms with Gasteiger partial charge in [-0.15, -0.1) is 0 Å². The van der Waals surface area contributed by atoms with Crippen molar-refractivity contribution < 1.29 is 14.2 Å². The van der Waals surface area contributed by atoms with Crippen LogP contribution in [-0.4, -0.2) is 30.4 Å². The van der Waals surface area contributed by atoms with Crippen LogP contribution in [0.4, 0.5) is 4.39 Å². The quantitative estimate of drug-likeness (QED) is 0.812. The summed E-state index contributed by atoms with van der Waals surface area (Å²) in [5, 5.41) is 13.4. The second-order valence-corrected chi connectivity index (χ2v) is 6.04. The number of halogens is 1. The molecule has 4 heteroatoms. The molecule has 0 radical (unpaired) electrons. The molecule has 0 spiro atoms. The first kappa shape index (κ1) is 16.2. The van der Waals surface area contributed by atoms with E-state index in [0.717, 1.165) is 5.92 Å². The summed E-state index contributed by atoms with van der Waals surface area (Å²) in [6.45, 7) is 5.29. The molecule has 1 aliphatic carbocycles. The Bertz CT molecular complexity index is 423. The lowest BCUT2D eigenvalue weighted by Crippen LogP contribution is -2.39. The highest BCUT2D eigenvalue weighted by atomic mass is 19.1. The van der Waals surface area contributed by atoms with Crippen molar-refractivity contribution in [3.63, 3.8) is 0 Å². The van der Waals surface area contributed by atoms with E-state index in [4.69, 9.17) is 4.74 Å². The van der Waals surface area contributed by atoms with E-state index in [1.54, 1.807) is 12.1 Å². The van der Waals surface area contributed by atoms with E-state index in [-0.39, 0.29) is 12.4 Å². The Labute approximate surface area is 126 Å². The van der Waals surface area contributed by atoms with Gasteiger partial charge in [0.25, 0.3) is 0 Å². The highest BCUT2D eigenvalue weighted by Gasteiger charge is 2.31. The third kappa shape index (κ3) is 4.68. The van der Waals surface area contributed by atoms with E-state index in [1.165, 1.54) is 31.4 Å². The van der Waals surface area contributed by atoms with Gasteiger partial charge in [0.15, 0.2) is 0 Å². The summed E-state index contributed by atoms with van der Waals surface area (Å²) in [6, 6.07) is 6.34. The summed E-state index contributed by atoms with van der Waals surface area (Å²) in [7, 11) is 0. The molecule has 2 rings (SSSR count). The van der Waals surface area contributed by atoms with Gasteiger partial charge >= 0.3 is 0 Å². The number of hydrogen-bond donors (Lipinski definition) is 2. The van der Waals surface area contributed by atoms with E-state index < -0.39 is 6.10 Å². The second-order valence-electron chi connectivity index (χ2n) is 6.04. The predicted octanol–water partition coefficient (Wildman–Crippen LogP) is 2.98.